The van der Waals surface area contributed by atoms with Gasteiger partial charge in [-0.05, 0) is 86.3 Å². The summed E-state index contributed by atoms with van der Waals surface area (Å²) in [5, 5.41) is 0.645. The Morgan fingerprint density at radius 3 is 2.25 bits per heavy atom. The first-order chi connectivity index (χ1) is 13.3. The maximum atomic E-state index is 12.5. The molecule has 0 aliphatic carbocycles. The van der Waals surface area contributed by atoms with Crippen molar-refractivity contribution in [3.05, 3.63) is 85.8 Å². The molecule has 0 spiro atoms. The molecular formula is C20H14Br2ClNO3S. The smallest absolute Gasteiger partial charge is 0.339 e. The molecule has 0 aliphatic rings. The van der Waals surface area contributed by atoms with Crippen LogP contribution in [0.25, 0.3) is 0 Å². The van der Waals surface area contributed by atoms with Crippen molar-refractivity contribution in [1.82, 2.24) is 0 Å². The lowest BCUT2D eigenvalue weighted by Gasteiger charge is -2.11. The molecule has 4 nitrogen and oxygen atoms in total. The molecule has 3 rings (SSSR count). The Bertz CT molecular complexity index is 1130. The largest absolute Gasteiger partial charge is 0.377 e. The van der Waals surface area contributed by atoms with Crippen molar-refractivity contribution in [3.63, 3.8) is 0 Å². The lowest BCUT2D eigenvalue weighted by molar-refractivity contribution is 0.483. The lowest BCUT2D eigenvalue weighted by atomic mass is 10.2. The molecule has 0 amide bonds. The van der Waals surface area contributed by atoms with Crippen molar-refractivity contribution in [2.24, 2.45) is 4.99 Å². The van der Waals surface area contributed by atoms with Crippen LogP contribution in [-0.4, -0.2) is 14.6 Å². The molecule has 3 aromatic carbocycles. The second-order valence-corrected chi connectivity index (χ2v) is 9.52. The summed E-state index contributed by atoms with van der Waals surface area (Å²) >= 11 is 12.9. The molecule has 0 unspecified atom stereocenters. The molecule has 0 saturated carbocycles. The van der Waals surface area contributed by atoms with E-state index in [9.17, 15) is 8.42 Å². The Morgan fingerprint density at radius 2 is 1.64 bits per heavy atom. The van der Waals surface area contributed by atoms with Crippen LogP contribution >= 0.6 is 43.5 Å². The minimum atomic E-state index is -3.94. The van der Waals surface area contributed by atoms with Gasteiger partial charge in [-0.3, -0.25) is 4.99 Å². The van der Waals surface area contributed by atoms with Crippen LogP contribution in [-0.2, 0) is 10.1 Å². The van der Waals surface area contributed by atoms with E-state index in [1.807, 2.05) is 19.1 Å². The fourth-order valence-corrected chi connectivity index (χ4v) is 5.05. The van der Waals surface area contributed by atoms with Gasteiger partial charge in [-0.25, -0.2) is 0 Å². The third kappa shape index (κ3) is 5.03. The monoisotopic (exact) mass is 541 g/mol. The number of halogens is 3. The maximum Gasteiger partial charge on any atom is 0.339 e. The Labute approximate surface area is 185 Å². The molecule has 0 N–H and O–H groups in total. The molecule has 28 heavy (non-hydrogen) atoms. The number of rotatable bonds is 5. The van der Waals surface area contributed by atoms with Crippen LogP contribution in [0.15, 0.2) is 79.5 Å². The van der Waals surface area contributed by atoms with E-state index >= 15 is 0 Å². The third-order valence-corrected chi connectivity index (χ3v) is 6.58. The van der Waals surface area contributed by atoms with Crippen LogP contribution in [0.1, 0.15) is 11.1 Å². The Hall–Kier alpha value is -1.67. The van der Waals surface area contributed by atoms with E-state index in [1.165, 1.54) is 12.1 Å². The van der Waals surface area contributed by atoms with Gasteiger partial charge >= 0.3 is 10.1 Å². The van der Waals surface area contributed by atoms with Gasteiger partial charge in [0.2, 0.25) is 0 Å². The van der Waals surface area contributed by atoms with Gasteiger partial charge in [0.1, 0.15) is 4.90 Å². The van der Waals surface area contributed by atoms with Crippen molar-refractivity contribution in [3.8, 4) is 5.75 Å². The summed E-state index contributed by atoms with van der Waals surface area (Å²) in [4.78, 5) is 4.48. The van der Waals surface area contributed by atoms with Gasteiger partial charge in [0.15, 0.2) is 5.75 Å². The lowest BCUT2D eigenvalue weighted by Crippen LogP contribution is -2.10. The number of hydrogen-bond acceptors (Lipinski definition) is 4. The zero-order valence-corrected chi connectivity index (χ0v) is 19.3. The summed E-state index contributed by atoms with van der Waals surface area (Å²) in [6.45, 7) is 1.92. The molecule has 0 atom stereocenters. The van der Waals surface area contributed by atoms with E-state index in [4.69, 9.17) is 15.8 Å². The predicted molar refractivity (Wildman–Crippen MR) is 120 cm³/mol. The normalized spacial score (nSPS) is 11.7. The zero-order chi connectivity index (χ0) is 20.3. The van der Waals surface area contributed by atoms with Crippen molar-refractivity contribution >= 4 is 65.5 Å². The molecule has 0 bridgehead atoms. The third-order valence-electron chi connectivity index (χ3n) is 3.76. The first kappa shape index (κ1) is 21.0. The number of aryl methyl sites for hydroxylation is 1. The van der Waals surface area contributed by atoms with E-state index in [1.54, 1.807) is 42.6 Å². The first-order valence-corrected chi connectivity index (χ1v) is 11.4. The van der Waals surface area contributed by atoms with Crippen LogP contribution in [0.5, 0.6) is 5.75 Å². The number of hydrogen-bond donors (Lipinski definition) is 0. The Balaban J connectivity index is 1.87. The summed E-state index contributed by atoms with van der Waals surface area (Å²) in [6.07, 6.45) is 1.66. The van der Waals surface area contributed by atoms with Gasteiger partial charge in [0.25, 0.3) is 0 Å². The van der Waals surface area contributed by atoms with E-state index in [0.717, 1.165) is 16.8 Å². The second kappa shape index (κ2) is 8.78. The van der Waals surface area contributed by atoms with Gasteiger partial charge in [-0.1, -0.05) is 35.9 Å². The standard InChI is InChI=1S/C20H14Br2ClNO3S/c1-13-7-8-15(11-19(13)23)24-12-14-9-17(21)20(18(22)10-14)27-28(25,26)16-5-3-2-4-6-16/h2-12H,1H3. The Morgan fingerprint density at radius 1 is 1.00 bits per heavy atom. The first-order valence-electron chi connectivity index (χ1n) is 8.05. The highest BCUT2D eigenvalue weighted by Gasteiger charge is 2.20. The van der Waals surface area contributed by atoms with Crippen molar-refractivity contribution in [2.75, 3.05) is 0 Å². The number of nitrogens with zero attached hydrogens (tertiary/aromatic N) is 1. The fraction of sp³-hybridized carbons (Fsp3) is 0.0500. The second-order valence-electron chi connectivity index (χ2n) is 5.86. The molecule has 144 valence electrons. The fourth-order valence-electron chi connectivity index (χ4n) is 2.29. The molecule has 0 fully saturated rings. The van der Waals surface area contributed by atoms with E-state index in [0.29, 0.717) is 14.0 Å². The quantitative estimate of drug-likeness (QED) is 0.266. The van der Waals surface area contributed by atoms with Gasteiger partial charge in [0.05, 0.1) is 14.6 Å². The minimum Gasteiger partial charge on any atom is -0.377 e. The van der Waals surface area contributed by atoms with Crippen LogP contribution < -0.4 is 4.18 Å². The summed E-state index contributed by atoms with van der Waals surface area (Å²) < 4.78 is 31.2. The number of aliphatic imine (C=N–C) groups is 1. The molecule has 8 heteroatoms. The number of benzene rings is 3. The summed E-state index contributed by atoms with van der Waals surface area (Å²) in [5.41, 5.74) is 2.45. The van der Waals surface area contributed by atoms with Gasteiger partial charge in [-0.2, -0.15) is 8.42 Å². The summed E-state index contributed by atoms with van der Waals surface area (Å²) in [7, 11) is -3.94. The van der Waals surface area contributed by atoms with Crippen molar-refractivity contribution in [2.45, 2.75) is 11.8 Å². The zero-order valence-electron chi connectivity index (χ0n) is 14.6. The average molecular weight is 544 g/mol. The highest BCUT2D eigenvalue weighted by molar-refractivity contribution is 9.11. The highest BCUT2D eigenvalue weighted by atomic mass is 79.9. The van der Waals surface area contributed by atoms with E-state index in [2.05, 4.69) is 36.9 Å². The molecule has 3 aromatic rings. The van der Waals surface area contributed by atoms with E-state index < -0.39 is 10.1 Å². The summed E-state index contributed by atoms with van der Waals surface area (Å²) in [6, 6.07) is 16.9. The van der Waals surface area contributed by atoms with Crippen LogP contribution in [0.4, 0.5) is 5.69 Å². The molecular weight excluding hydrogens is 530 g/mol. The van der Waals surface area contributed by atoms with Crippen LogP contribution in [0.2, 0.25) is 5.02 Å². The van der Waals surface area contributed by atoms with E-state index in [-0.39, 0.29) is 10.6 Å². The predicted octanol–water partition coefficient (Wildman–Crippen LogP) is 6.69. The maximum absolute atomic E-state index is 12.5. The molecule has 0 saturated heterocycles. The van der Waals surface area contributed by atoms with Crippen molar-refractivity contribution in [1.29, 1.82) is 0 Å². The summed E-state index contributed by atoms with van der Waals surface area (Å²) in [5.74, 6) is 0.166. The SMILES string of the molecule is Cc1ccc(N=Cc2cc(Br)c(OS(=O)(=O)c3ccccc3)c(Br)c2)cc1Cl. The van der Waals surface area contributed by atoms with Gasteiger partial charge in [0, 0.05) is 11.2 Å². The average Bonchev–Trinajstić information content (AvgIpc) is 2.66. The molecule has 0 aromatic heterocycles. The van der Waals surface area contributed by atoms with Crippen molar-refractivity contribution < 1.29 is 12.6 Å². The Kier molecular flexibility index (Phi) is 6.60. The van der Waals surface area contributed by atoms with Crippen LogP contribution in [0.3, 0.4) is 0 Å². The minimum absolute atomic E-state index is 0.0793. The topological polar surface area (TPSA) is 55.7 Å². The molecule has 0 radical (unpaired) electrons. The molecule has 0 heterocycles. The van der Waals surface area contributed by atoms with Gasteiger partial charge < -0.3 is 4.18 Å². The van der Waals surface area contributed by atoms with Gasteiger partial charge in [-0.15, -0.1) is 0 Å². The van der Waals surface area contributed by atoms with Crippen LogP contribution in [0, 0.1) is 6.92 Å². The molecule has 0 aliphatic heterocycles. The highest BCUT2D eigenvalue weighted by Crippen LogP contribution is 2.36.